The van der Waals surface area contributed by atoms with Crippen LogP contribution in [0.1, 0.15) is 35.7 Å². The first-order valence-corrected chi connectivity index (χ1v) is 7.97. The molecule has 1 aromatic carbocycles. The van der Waals surface area contributed by atoms with Gasteiger partial charge < -0.3 is 10.2 Å². The second kappa shape index (κ2) is 8.00. The van der Waals surface area contributed by atoms with Gasteiger partial charge in [-0.2, -0.15) is 13.2 Å². The van der Waals surface area contributed by atoms with Crippen LogP contribution in [0.3, 0.4) is 0 Å². The van der Waals surface area contributed by atoms with E-state index in [-0.39, 0.29) is 5.56 Å². The highest BCUT2D eigenvalue weighted by molar-refractivity contribution is 6.04. The predicted octanol–water partition coefficient (Wildman–Crippen LogP) is 4.59. The second-order valence-electron chi connectivity index (χ2n) is 5.71. The summed E-state index contributed by atoms with van der Waals surface area (Å²) < 4.78 is 37.6. The summed E-state index contributed by atoms with van der Waals surface area (Å²) in [7, 11) is 1.94. The number of carbonyl (C=O) groups is 1. The van der Waals surface area contributed by atoms with Crippen molar-refractivity contribution in [3.05, 3.63) is 53.7 Å². The van der Waals surface area contributed by atoms with Crippen molar-refractivity contribution in [3.63, 3.8) is 0 Å². The first-order valence-electron chi connectivity index (χ1n) is 7.97. The Kier molecular flexibility index (Phi) is 6.01. The molecule has 0 aliphatic rings. The summed E-state index contributed by atoms with van der Waals surface area (Å²) in [6, 6.07) is 7.58. The Balaban J connectivity index is 2.00. The van der Waals surface area contributed by atoms with Crippen LogP contribution in [0.25, 0.3) is 0 Å². The average Bonchev–Trinajstić information content (AvgIpc) is 2.59. The standard InChI is InChI=1S/C18H20F3N3O/c1-3-4-11-24(2)16-10-9-15(12-22-16)23-17(25)13-5-7-14(8-6-13)18(19,20)21/h5-10,12H,3-4,11H2,1-2H3,(H,23,25). The van der Waals surface area contributed by atoms with Gasteiger partial charge in [0.25, 0.3) is 5.91 Å². The van der Waals surface area contributed by atoms with Crippen LogP contribution < -0.4 is 10.2 Å². The molecule has 0 saturated carbocycles. The molecule has 4 nitrogen and oxygen atoms in total. The fourth-order valence-corrected chi connectivity index (χ4v) is 2.21. The van der Waals surface area contributed by atoms with Gasteiger partial charge in [-0.1, -0.05) is 13.3 Å². The van der Waals surface area contributed by atoms with E-state index in [1.54, 1.807) is 12.1 Å². The third kappa shape index (κ3) is 5.20. The van der Waals surface area contributed by atoms with Gasteiger partial charge in [0.15, 0.2) is 0 Å². The van der Waals surface area contributed by atoms with Gasteiger partial charge in [-0.05, 0) is 42.8 Å². The Hall–Kier alpha value is -2.57. The Labute approximate surface area is 144 Å². The van der Waals surface area contributed by atoms with Crippen molar-refractivity contribution >= 4 is 17.4 Å². The maximum Gasteiger partial charge on any atom is 0.416 e. The molecular formula is C18H20F3N3O. The van der Waals surface area contributed by atoms with Crippen LogP contribution in [-0.4, -0.2) is 24.5 Å². The summed E-state index contributed by atoms with van der Waals surface area (Å²) in [4.78, 5) is 18.4. The Morgan fingerprint density at radius 2 is 1.84 bits per heavy atom. The fraction of sp³-hybridized carbons (Fsp3) is 0.333. The van der Waals surface area contributed by atoms with Crippen LogP contribution in [0.4, 0.5) is 24.7 Å². The summed E-state index contributed by atoms with van der Waals surface area (Å²) in [5.74, 6) is 0.309. The van der Waals surface area contributed by atoms with E-state index in [1.165, 1.54) is 6.20 Å². The summed E-state index contributed by atoms with van der Waals surface area (Å²) in [5.41, 5.74) is -0.153. The average molecular weight is 351 g/mol. The first-order chi connectivity index (χ1) is 11.8. The zero-order chi connectivity index (χ0) is 18.4. The van der Waals surface area contributed by atoms with Crippen LogP contribution in [0.15, 0.2) is 42.6 Å². The van der Waals surface area contributed by atoms with E-state index in [1.807, 2.05) is 11.9 Å². The highest BCUT2D eigenvalue weighted by Gasteiger charge is 2.30. The summed E-state index contributed by atoms with van der Waals surface area (Å²) in [5, 5.41) is 2.62. The molecule has 0 aliphatic carbocycles. The third-order valence-electron chi connectivity index (χ3n) is 3.72. The van der Waals surface area contributed by atoms with Gasteiger partial charge in [0.1, 0.15) is 5.82 Å². The molecule has 0 bridgehead atoms. The number of carbonyl (C=O) groups excluding carboxylic acids is 1. The van der Waals surface area contributed by atoms with Gasteiger partial charge in [-0.25, -0.2) is 4.98 Å². The molecule has 1 aromatic heterocycles. The maximum atomic E-state index is 12.5. The van der Waals surface area contributed by atoms with E-state index < -0.39 is 17.6 Å². The predicted molar refractivity (Wildman–Crippen MR) is 91.8 cm³/mol. The van der Waals surface area contributed by atoms with Crippen molar-refractivity contribution in [2.75, 3.05) is 23.8 Å². The summed E-state index contributed by atoms with van der Waals surface area (Å²) in [6.07, 6.45) is -0.742. The molecule has 1 heterocycles. The second-order valence-corrected chi connectivity index (χ2v) is 5.71. The lowest BCUT2D eigenvalue weighted by Crippen LogP contribution is -2.19. The van der Waals surface area contributed by atoms with Crippen molar-refractivity contribution in [3.8, 4) is 0 Å². The highest BCUT2D eigenvalue weighted by atomic mass is 19.4. The number of amides is 1. The summed E-state index contributed by atoms with van der Waals surface area (Å²) in [6.45, 7) is 3.00. The molecule has 0 saturated heterocycles. The molecular weight excluding hydrogens is 331 g/mol. The first kappa shape index (κ1) is 18.8. The number of alkyl halides is 3. The van der Waals surface area contributed by atoms with Crippen molar-refractivity contribution in [2.24, 2.45) is 0 Å². The number of nitrogens with one attached hydrogen (secondary N) is 1. The van der Waals surface area contributed by atoms with E-state index in [2.05, 4.69) is 17.2 Å². The SMILES string of the molecule is CCCCN(C)c1ccc(NC(=O)c2ccc(C(F)(F)F)cc2)cn1. The van der Waals surface area contributed by atoms with Gasteiger partial charge in [0.05, 0.1) is 17.4 Å². The van der Waals surface area contributed by atoms with Gasteiger partial charge >= 0.3 is 6.18 Å². The van der Waals surface area contributed by atoms with Crippen molar-refractivity contribution in [1.82, 2.24) is 4.98 Å². The molecule has 0 aliphatic heterocycles. The molecule has 0 unspecified atom stereocenters. The van der Waals surface area contributed by atoms with E-state index in [9.17, 15) is 18.0 Å². The summed E-state index contributed by atoms with van der Waals surface area (Å²) >= 11 is 0. The number of rotatable bonds is 6. The minimum atomic E-state index is -4.42. The number of pyridine rings is 1. The number of aromatic nitrogens is 1. The van der Waals surface area contributed by atoms with E-state index in [0.29, 0.717) is 5.69 Å². The van der Waals surface area contributed by atoms with E-state index >= 15 is 0 Å². The largest absolute Gasteiger partial charge is 0.416 e. The topological polar surface area (TPSA) is 45.2 Å². The van der Waals surface area contributed by atoms with Crippen LogP contribution in [-0.2, 0) is 6.18 Å². The lowest BCUT2D eigenvalue weighted by Gasteiger charge is -2.17. The molecule has 1 N–H and O–H groups in total. The van der Waals surface area contributed by atoms with Gasteiger partial charge in [0.2, 0.25) is 0 Å². The van der Waals surface area contributed by atoms with Crippen LogP contribution in [0.2, 0.25) is 0 Å². The monoisotopic (exact) mass is 351 g/mol. The number of anilines is 2. The zero-order valence-corrected chi connectivity index (χ0v) is 14.1. The van der Waals surface area contributed by atoms with Gasteiger partial charge in [-0.15, -0.1) is 0 Å². The zero-order valence-electron chi connectivity index (χ0n) is 14.1. The van der Waals surface area contributed by atoms with E-state index in [4.69, 9.17) is 0 Å². The Bertz CT molecular complexity index is 697. The normalized spacial score (nSPS) is 11.2. The molecule has 134 valence electrons. The molecule has 0 radical (unpaired) electrons. The van der Waals surface area contributed by atoms with Gasteiger partial charge in [0, 0.05) is 19.2 Å². The molecule has 0 fully saturated rings. The number of nitrogens with zero attached hydrogens (tertiary/aromatic N) is 2. The fourth-order valence-electron chi connectivity index (χ4n) is 2.21. The van der Waals surface area contributed by atoms with E-state index in [0.717, 1.165) is 49.5 Å². The maximum absolute atomic E-state index is 12.5. The number of hydrogen-bond acceptors (Lipinski definition) is 3. The Morgan fingerprint density at radius 1 is 1.16 bits per heavy atom. The molecule has 7 heteroatoms. The van der Waals surface area contributed by atoms with Crippen molar-refractivity contribution < 1.29 is 18.0 Å². The molecule has 25 heavy (non-hydrogen) atoms. The van der Waals surface area contributed by atoms with Crippen molar-refractivity contribution in [2.45, 2.75) is 25.9 Å². The molecule has 2 rings (SSSR count). The minimum Gasteiger partial charge on any atom is -0.360 e. The minimum absolute atomic E-state index is 0.150. The Morgan fingerprint density at radius 3 is 2.36 bits per heavy atom. The quantitative estimate of drug-likeness (QED) is 0.828. The van der Waals surface area contributed by atoms with Crippen molar-refractivity contribution in [1.29, 1.82) is 0 Å². The van der Waals surface area contributed by atoms with Gasteiger partial charge in [-0.3, -0.25) is 4.79 Å². The smallest absolute Gasteiger partial charge is 0.360 e. The number of halogens is 3. The molecule has 1 amide bonds. The number of unbranched alkanes of at least 4 members (excludes halogenated alkanes) is 1. The number of benzene rings is 1. The molecule has 2 aromatic rings. The molecule has 0 spiro atoms. The van der Waals surface area contributed by atoms with Crippen LogP contribution >= 0.6 is 0 Å². The highest BCUT2D eigenvalue weighted by Crippen LogP contribution is 2.29. The lowest BCUT2D eigenvalue weighted by molar-refractivity contribution is -0.137. The lowest BCUT2D eigenvalue weighted by atomic mass is 10.1. The third-order valence-corrected chi connectivity index (χ3v) is 3.72. The van der Waals surface area contributed by atoms with Crippen LogP contribution in [0.5, 0.6) is 0 Å². The van der Waals surface area contributed by atoms with Crippen LogP contribution in [0, 0.1) is 0 Å². The molecule has 0 atom stereocenters. The number of hydrogen-bond donors (Lipinski definition) is 1.